The number of halogens is 1. The van der Waals surface area contributed by atoms with Gasteiger partial charge in [-0.3, -0.25) is 0 Å². The molecule has 1 radical (unpaired) electrons. The van der Waals surface area contributed by atoms with E-state index in [1.807, 2.05) is 0 Å². The van der Waals surface area contributed by atoms with Gasteiger partial charge in [0.05, 0.1) is 5.56 Å². The van der Waals surface area contributed by atoms with Crippen LogP contribution in [0.3, 0.4) is 0 Å². The minimum absolute atomic E-state index is 0.0265. The number of rotatable bonds is 1. The second-order valence-corrected chi connectivity index (χ2v) is 1.73. The minimum atomic E-state index is -1.10. The zero-order valence-electron chi connectivity index (χ0n) is 4.97. The summed E-state index contributed by atoms with van der Waals surface area (Å²) >= 11 is 0. The van der Waals surface area contributed by atoms with Crippen molar-refractivity contribution < 1.29 is 14.3 Å². The quantitative estimate of drug-likeness (QED) is 0.637. The van der Waals surface area contributed by atoms with Gasteiger partial charge >= 0.3 is 5.97 Å². The molecule has 0 heterocycles. The maximum Gasteiger partial charge on any atom is 0.336 e. The van der Waals surface area contributed by atoms with Gasteiger partial charge < -0.3 is 5.11 Å². The number of carbonyl (C=O) groups is 1. The molecule has 0 aromatic heterocycles. The first-order valence-electron chi connectivity index (χ1n) is 2.60. The highest BCUT2D eigenvalue weighted by Gasteiger charge is 2.00. The summed E-state index contributed by atoms with van der Waals surface area (Å²) in [6, 6.07) is 5.50. The first kappa shape index (κ1) is 6.74. The molecule has 1 N–H and O–H groups in total. The second-order valence-electron chi connectivity index (χ2n) is 1.73. The van der Waals surface area contributed by atoms with Crippen LogP contribution in [0.2, 0.25) is 0 Å². The zero-order chi connectivity index (χ0) is 7.56. The highest BCUT2D eigenvalue weighted by molar-refractivity contribution is 5.87. The Morgan fingerprint density at radius 2 is 2.30 bits per heavy atom. The summed E-state index contributed by atoms with van der Waals surface area (Å²) in [5.41, 5.74) is -0.0265. The number of hydrogen-bond donors (Lipinski definition) is 1. The van der Waals surface area contributed by atoms with Gasteiger partial charge in [0.1, 0.15) is 5.82 Å². The van der Waals surface area contributed by atoms with E-state index < -0.39 is 11.8 Å². The molecule has 0 amide bonds. The molecule has 0 fully saturated rings. The third kappa shape index (κ3) is 1.31. The summed E-state index contributed by atoms with van der Waals surface area (Å²) in [6.45, 7) is 0. The van der Waals surface area contributed by atoms with Crippen molar-refractivity contribution in [3.8, 4) is 0 Å². The minimum Gasteiger partial charge on any atom is -0.478 e. The molecular formula is C7H4FO2. The van der Waals surface area contributed by atoms with Crippen LogP contribution in [-0.4, -0.2) is 11.1 Å². The summed E-state index contributed by atoms with van der Waals surface area (Å²) in [5, 5.41) is 8.32. The van der Waals surface area contributed by atoms with Gasteiger partial charge in [-0.1, -0.05) is 0 Å². The molecule has 0 aliphatic heterocycles. The number of hydrogen-bond acceptors (Lipinski definition) is 1. The topological polar surface area (TPSA) is 37.3 Å². The summed E-state index contributed by atoms with van der Waals surface area (Å²) in [6.07, 6.45) is 0. The first-order valence-corrected chi connectivity index (χ1v) is 2.60. The van der Waals surface area contributed by atoms with E-state index in [0.29, 0.717) is 0 Å². The van der Waals surface area contributed by atoms with E-state index in [9.17, 15) is 9.18 Å². The number of aromatic carboxylic acids is 1. The second kappa shape index (κ2) is 2.47. The van der Waals surface area contributed by atoms with Gasteiger partial charge in [-0.05, 0) is 18.2 Å². The number of benzene rings is 1. The van der Waals surface area contributed by atoms with Crippen molar-refractivity contribution in [3.05, 3.63) is 35.6 Å². The Morgan fingerprint density at radius 3 is 2.70 bits per heavy atom. The zero-order valence-corrected chi connectivity index (χ0v) is 4.97. The van der Waals surface area contributed by atoms with Crippen LogP contribution in [0.1, 0.15) is 10.4 Å². The molecule has 0 unspecified atom stereocenters. The largest absolute Gasteiger partial charge is 0.478 e. The standard InChI is InChI=1S/C7H4FO2/c8-6-3-1-5(2-4-6)7(9)10/h1,3-4H,(H,9,10). The van der Waals surface area contributed by atoms with E-state index in [1.165, 1.54) is 0 Å². The van der Waals surface area contributed by atoms with E-state index in [0.717, 1.165) is 18.2 Å². The Balaban J connectivity index is 3.00. The van der Waals surface area contributed by atoms with Crippen LogP contribution in [-0.2, 0) is 0 Å². The van der Waals surface area contributed by atoms with Crippen LogP contribution >= 0.6 is 0 Å². The van der Waals surface area contributed by atoms with Crippen molar-refractivity contribution in [3.63, 3.8) is 0 Å². The predicted molar refractivity (Wildman–Crippen MR) is 32.2 cm³/mol. The van der Waals surface area contributed by atoms with Gasteiger partial charge in [0.15, 0.2) is 0 Å². The number of carboxylic acids is 1. The summed E-state index contributed by atoms with van der Waals surface area (Å²) in [5.74, 6) is -1.58. The normalized spacial score (nSPS) is 9.30. The molecule has 2 nitrogen and oxygen atoms in total. The van der Waals surface area contributed by atoms with Gasteiger partial charge in [0, 0.05) is 6.07 Å². The van der Waals surface area contributed by atoms with Gasteiger partial charge in [-0.2, -0.15) is 0 Å². The first-order chi connectivity index (χ1) is 4.70. The summed E-state index contributed by atoms with van der Waals surface area (Å²) in [7, 11) is 0. The van der Waals surface area contributed by atoms with E-state index >= 15 is 0 Å². The lowest BCUT2D eigenvalue weighted by atomic mass is 10.2. The fourth-order valence-electron chi connectivity index (χ4n) is 0.539. The molecule has 51 valence electrons. The lowest BCUT2D eigenvalue weighted by molar-refractivity contribution is 0.0696. The Hall–Kier alpha value is -1.38. The highest BCUT2D eigenvalue weighted by atomic mass is 19.1. The Bertz CT molecular complexity index is 240. The molecule has 0 saturated heterocycles. The van der Waals surface area contributed by atoms with E-state index in [1.54, 1.807) is 0 Å². The lowest BCUT2D eigenvalue weighted by Gasteiger charge is -1.89. The van der Waals surface area contributed by atoms with Crippen molar-refractivity contribution >= 4 is 5.97 Å². The molecule has 0 saturated carbocycles. The Morgan fingerprint density at radius 1 is 1.60 bits per heavy atom. The molecular weight excluding hydrogens is 135 g/mol. The Kier molecular flexibility index (Phi) is 1.67. The molecule has 10 heavy (non-hydrogen) atoms. The number of carboxylic acid groups (broad SMARTS) is 1. The van der Waals surface area contributed by atoms with Gasteiger partial charge in [0.2, 0.25) is 0 Å². The van der Waals surface area contributed by atoms with E-state index in [4.69, 9.17) is 5.11 Å². The van der Waals surface area contributed by atoms with Crippen LogP contribution in [0.15, 0.2) is 18.2 Å². The van der Waals surface area contributed by atoms with Crippen LogP contribution in [0.5, 0.6) is 0 Å². The predicted octanol–water partition coefficient (Wildman–Crippen LogP) is 1.32. The van der Waals surface area contributed by atoms with E-state index in [2.05, 4.69) is 6.07 Å². The van der Waals surface area contributed by atoms with Crippen molar-refractivity contribution in [2.75, 3.05) is 0 Å². The monoisotopic (exact) mass is 139 g/mol. The molecule has 0 aliphatic rings. The van der Waals surface area contributed by atoms with Crippen LogP contribution in [0.4, 0.5) is 4.39 Å². The van der Waals surface area contributed by atoms with Crippen molar-refractivity contribution in [1.82, 2.24) is 0 Å². The average molecular weight is 139 g/mol. The van der Waals surface area contributed by atoms with Gasteiger partial charge in [-0.25, -0.2) is 9.18 Å². The lowest BCUT2D eigenvalue weighted by Crippen LogP contribution is -1.95. The molecule has 1 aromatic carbocycles. The van der Waals surface area contributed by atoms with Crippen molar-refractivity contribution in [2.24, 2.45) is 0 Å². The maximum atomic E-state index is 12.1. The SMILES string of the molecule is O=C(O)c1[c]cc(F)cc1. The van der Waals surface area contributed by atoms with Crippen molar-refractivity contribution in [2.45, 2.75) is 0 Å². The maximum absolute atomic E-state index is 12.1. The smallest absolute Gasteiger partial charge is 0.336 e. The van der Waals surface area contributed by atoms with Crippen LogP contribution < -0.4 is 0 Å². The van der Waals surface area contributed by atoms with Gasteiger partial charge in [-0.15, -0.1) is 0 Å². The highest BCUT2D eigenvalue weighted by Crippen LogP contribution is 2.00. The Labute approximate surface area is 56.9 Å². The van der Waals surface area contributed by atoms with E-state index in [-0.39, 0.29) is 5.56 Å². The molecule has 0 aliphatic carbocycles. The molecule has 1 aromatic rings. The average Bonchev–Trinajstić information content (AvgIpc) is 1.88. The third-order valence-corrected chi connectivity index (χ3v) is 1.01. The molecule has 3 heteroatoms. The third-order valence-electron chi connectivity index (χ3n) is 1.01. The van der Waals surface area contributed by atoms with Crippen LogP contribution in [0, 0.1) is 11.9 Å². The van der Waals surface area contributed by atoms with Gasteiger partial charge in [0.25, 0.3) is 0 Å². The summed E-state index contributed by atoms with van der Waals surface area (Å²) in [4.78, 5) is 10.2. The molecule has 0 bridgehead atoms. The summed E-state index contributed by atoms with van der Waals surface area (Å²) < 4.78 is 12.1. The fourth-order valence-corrected chi connectivity index (χ4v) is 0.539. The van der Waals surface area contributed by atoms with Crippen LogP contribution in [0.25, 0.3) is 0 Å². The molecule has 1 rings (SSSR count). The molecule has 0 atom stereocenters. The molecule has 0 spiro atoms. The van der Waals surface area contributed by atoms with Crippen molar-refractivity contribution in [1.29, 1.82) is 0 Å². The fraction of sp³-hybridized carbons (Fsp3) is 0.